The van der Waals surface area contributed by atoms with Crippen molar-refractivity contribution in [1.82, 2.24) is 20.4 Å². The summed E-state index contributed by atoms with van der Waals surface area (Å²) in [5.41, 5.74) is 0.279. The van der Waals surface area contributed by atoms with E-state index in [4.69, 9.17) is 9.26 Å². The normalized spacial score (nSPS) is 19.7. The Morgan fingerprint density at radius 3 is 3.05 bits per heavy atom. The molecule has 1 saturated heterocycles. The van der Waals surface area contributed by atoms with E-state index in [0.717, 1.165) is 19.6 Å². The zero-order valence-corrected chi connectivity index (χ0v) is 12.0. The van der Waals surface area contributed by atoms with E-state index in [-0.39, 0.29) is 17.5 Å². The van der Waals surface area contributed by atoms with Gasteiger partial charge in [-0.15, -0.1) is 0 Å². The van der Waals surface area contributed by atoms with Crippen LogP contribution in [0.2, 0.25) is 0 Å². The highest BCUT2D eigenvalue weighted by atomic mass is 19.1. The molecule has 3 rings (SSSR count). The zero-order chi connectivity index (χ0) is 14.8. The topological polar surface area (TPSA) is 63.4 Å². The van der Waals surface area contributed by atoms with Crippen molar-refractivity contribution in [2.75, 3.05) is 33.8 Å². The molecule has 1 unspecified atom stereocenters. The number of halogens is 1. The summed E-state index contributed by atoms with van der Waals surface area (Å²) in [5, 5.41) is 7.27. The van der Waals surface area contributed by atoms with Gasteiger partial charge >= 0.3 is 0 Å². The van der Waals surface area contributed by atoms with Crippen LogP contribution in [0.4, 0.5) is 4.39 Å². The van der Waals surface area contributed by atoms with Crippen molar-refractivity contribution in [2.45, 2.75) is 6.04 Å². The molecule has 112 valence electrons. The molecule has 1 aliphatic heterocycles. The summed E-state index contributed by atoms with van der Waals surface area (Å²) in [6.07, 6.45) is 0. The average Bonchev–Trinajstić information content (AvgIpc) is 2.97. The Hall–Kier alpha value is -1.99. The van der Waals surface area contributed by atoms with Gasteiger partial charge in [0.1, 0.15) is 11.6 Å². The number of nitrogens with one attached hydrogen (secondary N) is 1. The number of benzene rings is 1. The van der Waals surface area contributed by atoms with Gasteiger partial charge in [0.15, 0.2) is 5.82 Å². The maximum atomic E-state index is 14.0. The third kappa shape index (κ3) is 2.74. The van der Waals surface area contributed by atoms with E-state index in [1.54, 1.807) is 12.1 Å². The highest BCUT2D eigenvalue weighted by molar-refractivity contribution is 5.55. The Morgan fingerprint density at radius 1 is 1.48 bits per heavy atom. The minimum absolute atomic E-state index is 0.0394. The van der Waals surface area contributed by atoms with E-state index >= 15 is 0 Å². The molecule has 2 aromatic rings. The van der Waals surface area contributed by atoms with Gasteiger partial charge in [-0.3, -0.25) is 4.90 Å². The third-order valence-corrected chi connectivity index (χ3v) is 3.66. The summed E-state index contributed by atoms with van der Waals surface area (Å²) in [4.78, 5) is 6.48. The first-order valence-corrected chi connectivity index (χ1v) is 6.77. The Labute approximate surface area is 121 Å². The van der Waals surface area contributed by atoms with E-state index in [9.17, 15) is 4.39 Å². The first-order valence-electron chi connectivity index (χ1n) is 6.77. The largest absolute Gasteiger partial charge is 0.497 e. The number of ether oxygens (including phenoxy) is 1. The van der Waals surface area contributed by atoms with Crippen LogP contribution in [0.25, 0.3) is 11.5 Å². The third-order valence-electron chi connectivity index (χ3n) is 3.66. The molecule has 1 fully saturated rings. The average molecular weight is 292 g/mol. The molecule has 1 aromatic carbocycles. The van der Waals surface area contributed by atoms with Crippen LogP contribution in [-0.2, 0) is 0 Å². The fourth-order valence-electron chi connectivity index (χ4n) is 2.37. The molecule has 1 aliphatic rings. The predicted molar refractivity (Wildman–Crippen MR) is 74.5 cm³/mol. The SMILES string of the molecule is COc1ccc(-c2nc(C3CNCCN3C)no2)c(F)c1. The number of hydrogen-bond acceptors (Lipinski definition) is 6. The van der Waals surface area contributed by atoms with Gasteiger partial charge in [0.25, 0.3) is 5.89 Å². The molecule has 0 amide bonds. The molecule has 0 saturated carbocycles. The van der Waals surface area contributed by atoms with Gasteiger partial charge in [-0.2, -0.15) is 4.98 Å². The first-order chi connectivity index (χ1) is 10.2. The number of nitrogens with zero attached hydrogens (tertiary/aromatic N) is 3. The number of aromatic nitrogens is 2. The van der Waals surface area contributed by atoms with Gasteiger partial charge in [-0.05, 0) is 19.2 Å². The summed E-state index contributed by atoms with van der Waals surface area (Å²) < 4.78 is 24.2. The molecular formula is C14H17FN4O2. The van der Waals surface area contributed by atoms with Crippen LogP contribution >= 0.6 is 0 Å². The summed E-state index contributed by atoms with van der Waals surface area (Å²) in [6.45, 7) is 2.59. The van der Waals surface area contributed by atoms with Crippen LogP contribution in [0.5, 0.6) is 5.75 Å². The van der Waals surface area contributed by atoms with E-state index < -0.39 is 5.82 Å². The minimum atomic E-state index is -0.445. The molecule has 0 radical (unpaired) electrons. The lowest BCUT2D eigenvalue weighted by molar-refractivity contribution is 0.190. The van der Waals surface area contributed by atoms with Crippen LogP contribution in [0, 0.1) is 5.82 Å². The molecule has 2 heterocycles. The molecule has 0 spiro atoms. The second kappa shape index (κ2) is 5.79. The van der Waals surface area contributed by atoms with Crippen molar-refractivity contribution in [3.05, 3.63) is 29.8 Å². The number of methoxy groups -OCH3 is 1. The maximum absolute atomic E-state index is 14.0. The van der Waals surface area contributed by atoms with Crippen molar-refractivity contribution in [2.24, 2.45) is 0 Å². The van der Waals surface area contributed by atoms with Crippen molar-refractivity contribution in [3.8, 4) is 17.2 Å². The van der Waals surface area contributed by atoms with Gasteiger partial charge in [0.05, 0.1) is 18.7 Å². The van der Waals surface area contributed by atoms with Crippen LogP contribution < -0.4 is 10.1 Å². The monoisotopic (exact) mass is 292 g/mol. The van der Waals surface area contributed by atoms with Gasteiger partial charge in [-0.1, -0.05) is 5.16 Å². The molecule has 6 nitrogen and oxygen atoms in total. The molecule has 1 N–H and O–H groups in total. The van der Waals surface area contributed by atoms with Crippen LogP contribution in [-0.4, -0.2) is 48.8 Å². The van der Waals surface area contributed by atoms with Crippen molar-refractivity contribution < 1.29 is 13.7 Å². The molecular weight excluding hydrogens is 275 g/mol. The van der Waals surface area contributed by atoms with E-state index in [2.05, 4.69) is 20.4 Å². The molecule has 0 bridgehead atoms. The van der Waals surface area contributed by atoms with E-state index in [0.29, 0.717) is 11.6 Å². The molecule has 7 heteroatoms. The van der Waals surface area contributed by atoms with Crippen molar-refractivity contribution in [1.29, 1.82) is 0 Å². The van der Waals surface area contributed by atoms with Gasteiger partial charge < -0.3 is 14.6 Å². The molecule has 1 atom stereocenters. The summed E-state index contributed by atoms with van der Waals surface area (Å²) in [6, 6.07) is 4.58. The van der Waals surface area contributed by atoms with E-state index in [1.807, 2.05) is 7.05 Å². The molecule has 1 aromatic heterocycles. The van der Waals surface area contributed by atoms with Gasteiger partial charge in [-0.25, -0.2) is 4.39 Å². The summed E-state index contributed by atoms with van der Waals surface area (Å²) >= 11 is 0. The van der Waals surface area contributed by atoms with Gasteiger partial charge in [0, 0.05) is 25.7 Å². The lowest BCUT2D eigenvalue weighted by Gasteiger charge is -2.30. The maximum Gasteiger partial charge on any atom is 0.260 e. The summed E-state index contributed by atoms with van der Waals surface area (Å²) in [7, 11) is 3.50. The predicted octanol–water partition coefficient (Wildman–Crippen LogP) is 1.46. The number of likely N-dealkylation sites (N-methyl/N-ethyl adjacent to an activating group) is 1. The van der Waals surface area contributed by atoms with Gasteiger partial charge in [0.2, 0.25) is 0 Å². The Kier molecular flexibility index (Phi) is 3.85. The van der Waals surface area contributed by atoms with Crippen LogP contribution in [0.15, 0.2) is 22.7 Å². The Morgan fingerprint density at radius 2 is 2.33 bits per heavy atom. The number of rotatable bonds is 3. The zero-order valence-electron chi connectivity index (χ0n) is 12.0. The quantitative estimate of drug-likeness (QED) is 0.924. The van der Waals surface area contributed by atoms with Crippen molar-refractivity contribution >= 4 is 0 Å². The van der Waals surface area contributed by atoms with Crippen LogP contribution in [0.1, 0.15) is 11.9 Å². The highest BCUT2D eigenvalue weighted by Gasteiger charge is 2.26. The fourth-order valence-corrected chi connectivity index (χ4v) is 2.37. The smallest absolute Gasteiger partial charge is 0.260 e. The lowest BCUT2D eigenvalue weighted by atomic mass is 10.2. The number of piperazine rings is 1. The minimum Gasteiger partial charge on any atom is -0.497 e. The van der Waals surface area contributed by atoms with Crippen molar-refractivity contribution in [3.63, 3.8) is 0 Å². The Bertz CT molecular complexity index is 631. The molecule has 21 heavy (non-hydrogen) atoms. The highest BCUT2D eigenvalue weighted by Crippen LogP contribution is 2.27. The molecule has 0 aliphatic carbocycles. The standard InChI is InChI=1S/C14H17FN4O2/c1-19-6-5-16-8-12(19)13-17-14(21-18-13)10-4-3-9(20-2)7-11(10)15/h3-4,7,12,16H,5-6,8H2,1-2H3. The first kappa shape index (κ1) is 14.0. The van der Waals surface area contributed by atoms with E-state index in [1.165, 1.54) is 13.2 Å². The Balaban J connectivity index is 1.87. The number of hydrogen-bond donors (Lipinski definition) is 1. The second-order valence-electron chi connectivity index (χ2n) is 5.00. The summed E-state index contributed by atoms with van der Waals surface area (Å²) in [5.74, 6) is 0.755. The fraction of sp³-hybridized carbons (Fsp3) is 0.429. The lowest BCUT2D eigenvalue weighted by Crippen LogP contribution is -2.44. The second-order valence-corrected chi connectivity index (χ2v) is 5.00. The van der Waals surface area contributed by atoms with Crippen LogP contribution in [0.3, 0.4) is 0 Å².